The molecule has 0 spiro atoms. The second-order valence-electron chi connectivity index (χ2n) is 8.45. The molecule has 0 N–H and O–H groups in total. The summed E-state index contributed by atoms with van der Waals surface area (Å²) in [4.78, 5) is 45.3. The van der Waals surface area contributed by atoms with Crippen molar-refractivity contribution in [2.45, 2.75) is 71.6 Å². The van der Waals surface area contributed by atoms with Gasteiger partial charge in [-0.25, -0.2) is 0 Å². The third-order valence-electron chi connectivity index (χ3n) is 5.08. The lowest BCUT2D eigenvalue weighted by Crippen LogP contribution is -2.42. The highest BCUT2D eigenvalue weighted by atomic mass is 33.1. The van der Waals surface area contributed by atoms with E-state index in [1.807, 2.05) is 6.92 Å². The molecule has 3 aliphatic rings. The normalized spacial score (nSPS) is 28.2. The van der Waals surface area contributed by atoms with Crippen LogP contribution in [0, 0.1) is 0 Å². The minimum absolute atomic E-state index is 0.110. The summed E-state index contributed by atoms with van der Waals surface area (Å²) in [5.74, 6) is -1.96. The van der Waals surface area contributed by atoms with Crippen LogP contribution < -0.4 is 0 Å². The van der Waals surface area contributed by atoms with Crippen molar-refractivity contribution in [2.75, 3.05) is 13.2 Å². The Balaban J connectivity index is 1.63. The number of carbonyl (C=O) groups is 4. The van der Waals surface area contributed by atoms with Crippen molar-refractivity contribution in [3.63, 3.8) is 0 Å². The van der Waals surface area contributed by atoms with Crippen LogP contribution in [-0.2, 0) is 57.1 Å². The van der Waals surface area contributed by atoms with Crippen LogP contribution in [0.3, 0.4) is 0 Å². The second-order valence-corrected chi connectivity index (χ2v) is 10.6. The topological polar surface area (TPSA) is 142 Å². The van der Waals surface area contributed by atoms with Gasteiger partial charge < -0.3 is 37.9 Å². The minimum atomic E-state index is -0.809. The van der Waals surface area contributed by atoms with E-state index >= 15 is 0 Å². The Bertz CT molecular complexity index is 1070. The van der Waals surface area contributed by atoms with Gasteiger partial charge in [0.15, 0.2) is 10.2 Å². The molecule has 0 aromatic heterocycles. The van der Waals surface area contributed by atoms with Crippen LogP contribution in [0.25, 0.3) is 0 Å². The highest BCUT2D eigenvalue weighted by Crippen LogP contribution is 2.45. The lowest BCUT2D eigenvalue weighted by atomic mass is 10.1. The van der Waals surface area contributed by atoms with Crippen molar-refractivity contribution in [3.8, 4) is 0 Å². The number of carbonyl (C=O) groups excluding carboxylic acids is 4. The summed E-state index contributed by atoms with van der Waals surface area (Å²) in [6.45, 7) is 6.71. The van der Waals surface area contributed by atoms with Crippen molar-refractivity contribution < 1.29 is 57.1 Å². The predicted octanol–water partition coefficient (Wildman–Crippen LogP) is 3.04. The zero-order valence-corrected chi connectivity index (χ0v) is 23.6. The molecule has 0 aromatic carbocycles. The molecule has 14 heteroatoms. The van der Waals surface area contributed by atoms with Gasteiger partial charge >= 0.3 is 23.9 Å². The Morgan fingerprint density at radius 2 is 1.21 bits per heavy atom. The second kappa shape index (κ2) is 14.4. The maximum absolute atomic E-state index is 11.4. The molecular weight excluding hydrogens is 556 g/mol. The van der Waals surface area contributed by atoms with Gasteiger partial charge in [0.2, 0.25) is 12.6 Å². The van der Waals surface area contributed by atoms with Crippen molar-refractivity contribution in [3.05, 3.63) is 46.1 Å². The number of allylic oxidation sites excluding steroid dienone is 2. The summed E-state index contributed by atoms with van der Waals surface area (Å²) >= 11 is 0. The van der Waals surface area contributed by atoms with Crippen molar-refractivity contribution in [1.29, 1.82) is 0 Å². The zero-order valence-electron chi connectivity index (χ0n) is 22.0. The van der Waals surface area contributed by atoms with Crippen LogP contribution in [0.15, 0.2) is 46.1 Å². The van der Waals surface area contributed by atoms with E-state index in [0.29, 0.717) is 10.2 Å². The lowest BCUT2D eigenvalue weighted by Gasteiger charge is -2.33. The van der Waals surface area contributed by atoms with Crippen molar-refractivity contribution in [1.82, 2.24) is 0 Å². The Morgan fingerprint density at radius 3 is 1.64 bits per heavy atom. The fraction of sp³-hybridized carbons (Fsp3) is 0.520. The average Bonchev–Trinajstić information content (AvgIpc) is 2.85. The van der Waals surface area contributed by atoms with Gasteiger partial charge in [0.05, 0.1) is 0 Å². The molecule has 3 aliphatic heterocycles. The van der Waals surface area contributed by atoms with Crippen LogP contribution in [0.1, 0.15) is 34.6 Å². The van der Waals surface area contributed by atoms with Gasteiger partial charge in [-0.1, -0.05) is 0 Å². The van der Waals surface area contributed by atoms with E-state index in [9.17, 15) is 19.2 Å². The fourth-order valence-electron chi connectivity index (χ4n) is 3.44. The largest absolute Gasteiger partial charge is 0.463 e. The summed E-state index contributed by atoms with van der Waals surface area (Å²) in [7, 11) is 2.58. The summed E-state index contributed by atoms with van der Waals surface area (Å²) < 4.78 is 44.2. The molecule has 0 amide bonds. The van der Waals surface area contributed by atoms with Crippen LogP contribution in [0.2, 0.25) is 0 Å². The molecule has 3 rings (SSSR count). The number of esters is 4. The molecule has 0 radical (unpaired) electrons. The standard InChI is InChI=1S/C25H30O12S2/c1-13-10-24(36-22-8-6-18(32-16(4)28)20(34-22)11-30-14(2)26)38-39-25(13)37-23-9-7-19(33-17(5)29)21(35-23)12-31-15(3)27/h6-10,18-23H,11-12H2,1-5H3/t18-,19-,20+,21+,22+,23+/m0/s1. The van der Waals surface area contributed by atoms with Crippen LogP contribution in [0.5, 0.6) is 0 Å². The molecule has 0 unspecified atom stereocenters. The van der Waals surface area contributed by atoms with E-state index in [1.165, 1.54) is 49.3 Å². The van der Waals surface area contributed by atoms with Crippen LogP contribution in [0.4, 0.5) is 0 Å². The molecule has 6 atom stereocenters. The number of hydrogen-bond donors (Lipinski definition) is 0. The zero-order chi connectivity index (χ0) is 28.5. The molecule has 0 saturated heterocycles. The van der Waals surface area contributed by atoms with Crippen LogP contribution in [-0.4, -0.2) is 74.1 Å². The first-order chi connectivity index (χ1) is 18.5. The quantitative estimate of drug-likeness (QED) is 0.160. The Hall–Kier alpha value is -2.94. The van der Waals surface area contributed by atoms with Crippen LogP contribution >= 0.6 is 21.6 Å². The van der Waals surface area contributed by atoms with Gasteiger partial charge in [-0.05, 0) is 58.9 Å². The highest BCUT2D eigenvalue weighted by Gasteiger charge is 2.34. The third-order valence-corrected chi connectivity index (χ3v) is 7.31. The van der Waals surface area contributed by atoms with E-state index in [4.69, 9.17) is 37.9 Å². The first-order valence-corrected chi connectivity index (χ1v) is 14.0. The Morgan fingerprint density at radius 1 is 0.718 bits per heavy atom. The summed E-state index contributed by atoms with van der Waals surface area (Å²) in [5.41, 5.74) is 0.749. The van der Waals surface area contributed by atoms with E-state index in [1.54, 1.807) is 30.4 Å². The molecule has 39 heavy (non-hydrogen) atoms. The van der Waals surface area contributed by atoms with Gasteiger partial charge in [-0.2, -0.15) is 0 Å². The van der Waals surface area contributed by atoms with E-state index in [0.717, 1.165) is 5.57 Å². The average molecular weight is 587 g/mol. The number of ether oxygens (including phenoxy) is 8. The smallest absolute Gasteiger partial charge is 0.303 e. The summed E-state index contributed by atoms with van der Waals surface area (Å²) in [6, 6.07) is 0. The fourth-order valence-corrected chi connectivity index (χ4v) is 5.53. The first-order valence-electron chi connectivity index (χ1n) is 11.9. The minimum Gasteiger partial charge on any atom is -0.463 e. The van der Waals surface area contributed by atoms with Gasteiger partial charge in [0.25, 0.3) is 0 Å². The van der Waals surface area contributed by atoms with Crippen molar-refractivity contribution >= 4 is 45.5 Å². The SMILES string of the molecule is CC(=O)OC[C@H]1O[C@H](OC2=CC(C)=C(O[C@@H]3C=C[C@H](OC(C)=O)[C@@H](COC(C)=O)O3)SS2)C=C[C@@H]1OC(C)=O. The van der Waals surface area contributed by atoms with E-state index in [2.05, 4.69) is 0 Å². The number of rotatable bonds is 10. The van der Waals surface area contributed by atoms with Gasteiger partial charge in [-0.3, -0.25) is 19.2 Å². The molecule has 214 valence electrons. The van der Waals surface area contributed by atoms with E-state index in [-0.39, 0.29) is 13.2 Å². The van der Waals surface area contributed by atoms with Gasteiger partial charge in [0, 0.05) is 33.3 Å². The molecule has 0 aliphatic carbocycles. The monoisotopic (exact) mass is 586 g/mol. The molecule has 0 saturated carbocycles. The molecule has 12 nitrogen and oxygen atoms in total. The first kappa shape index (κ1) is 30.6. The Labute approximate surface area is 233 Å². The third kappa shape index (κ3) is 9.95. The number of hydrogen-bond acceptors (Lipinski definition) is 14. The van der Waals surface area contributed by atoms with E-state index < -0.39 is 60.9 Å². The maximum Gasteiger partial charge on any atom is 0.303 e. The summed E-state index contributed by atoms with van der Waals surface area (Å²) in [6.07, 6.45) is 3.70. The maximum atomic E-state index is 11.4. The van der Waals surface area contributed by atoms with Crippen molar-refractivity contribution in [2.24, 2.45) is 0 Å². The Kier molecular flexibility index (Phi) is 11.3. The molecular formula is C25H30O12S2. The lowest BCUT2D eigenvalue weighted by molar-refractivity contribution is -0.186. The highest BCUT2D eigenvalue weighted by molar-refractivity contribution is 8.79. The summed E-state index contributed by atoms with van der Waals surface area (Å²) in [5, 5.41) is 1.08. The van der Waals surface area contributed by atoms with Gasteiger partial charge in [0.1, 0.15) is 37.6 Å². The molecule has 0 aromatic rings. The predicted molar refractivity (Wildman–Crippen MR) is 138 cm³/mol. The molecule has 0 bridgehead atoms. The molecule has 0 fully saturated rings. The molecule has 3 heterocycles. The van der Waals surface area contributed by atoms with Gasteiger partial charge in [-0.15, -0.1) is 0 Å².